The summed E-state index contributed by atoms with van der Waals surface area (Å²) in [6.07, 6.45) is 5.85. The minimum atomic E-state index is -0.843. The van der Waals surface area contributed by atoms with Crippen molar-refractivity contribution in [3.63, 3.8) is 0 Å². The average molecular weight is 161 g/mol. The van der Waals surface area contributed by atoms with E-state index in [1.807, 2.05) is 0 Å². The van der Waals surface area contributed by atoms with Crippen LogP contribution in [0.4, 0.5) is 0 Å². The van der Waals surface area contributed by atoms with Crippen LogP contribution in [0.5, 0.6) is 0 Å². The molecule has 0 amide bonds. The van der Waals surface area contributed by atoms with E-state index in [1.54, 1.807) is 7.11 Å². The predicted octanol–water partition coefficient (Wildman–Crippen LogP) is 1.92. The van der Waals surface area contributed by atoms with Gasteiger partial charge in [0.1, 0.15) is 0 Å². The third-order valence-corrected chi connectivity index (χ3v) is 3.55. The molecule has 0 aliphatic heterocycles. The van der Waals surface area contributed by atoms with Gasteiger partial charge in [0.15, 0.2) is 0 Å². The van der Waals surface area contributed by atoms with Crippen molar-refractivity contribution >= 4 is 10.3 Å². The molecule has 0 atom stereocenters. The Bertz CT molecular complexity index is 128. The van der Waals surface area contributed by atoms with E-state index in [0.717, 1.165) is 12.2 Å². The molecule has 0 heterocycles. The lowest BCUT2D eigenvalue weighted by Crippen LogP contribution is -2.02. The summed E-state index contributed by atoms with van der Waals surface area (Å²) in [4.78, 5) is 0. The number of unbranched alkanes of at least 4 members (excludes halogenated alkanes) is 1. The number of rotatable bonds is 4. The fraction of sp³-hybridized carbons (Fsp3) is 0.857. The quantitative estimate of drug-likeness (QED) is 0.590. The van der Waals surface area contributed by atoms with Gasteiger partial charge in [-0.15, -0.1) is 10.3 Å². The summed E-state index contributed by atoms with van der Waals surface area (Å²) in [5, 5.41) is 8.25. The highest BCUT2D eigenvalue weighted by molar-refractivity contribution is 8.28. The van der Waals surface area contributed by atoms with E-state index in [1.165, 1.54) is 0 Å². The number of nitrogens with zero attached hydrogens (tertiary/aromatic N) is 1. The molecule has 0 aliphatic carbocycles. The van der Waals surface area contributed by atoms with E-state index in [2.05, 4.69) is 18.6 Å². The lowest BCUT2D eigenvalue weighted by Gasteiger charge is -2.28. The summed E-state index contributed by atoms with van der Waals surface area (Å²) < 4.78 is 5.26. The van der Waals surface area contributed by atoms with Crippen LogP contribution in [0.2, 0.25) is 0 Å². The first kappa shape index (κ1) is 9.80. The molecule has 0 radical (unpaired) electrons. The van der Waals surface area contributed by atoms with Gasteiger partial charge in [0.25, 0.3) is 0 Å². The van der Waals surface area contributed by atoms with Crippen molar-refractivity contribution < 1.29 is 4.18 Å². The SMILES string of the molecule is COS(C)(C)CCCC#N. The standard InChI is InChI=1S/C7H15NOS/c1-9-10(2,3)7-5-4-6-8/h4-5,7H2,1-3H3. The van der Waals surface area contributed by atoms with Crippen molar-refractivity contribution in [3.8, 4) is 6.07 Å². The van der Waals surface area contributed by atoms with Gasteiger partial charge in [-0.05, 0) is 24.7 Å². The van der Waals surface area contributed by atoms with Crippen LogP contribution in [0.1, 0.15) is 12.8 Å². The van der Waals surface area contributed by atoms with Gasteiger partial charge in [-0.3, -0.25) is 0 Å². The van der Waals surface area contributed by atoms with Crippen molar-refractivity contribution in [2.75, 3.05) is 25.4 Å². The molecule has 0 unspecified atom stereocenters. The van der Waals surface area contributed by atoms with E-state index in [9.17, 15) is 0 Å². The molecule has 0 aromatic heterocycles. The van der Waals surface area contributed by atoms with Crippen LogP contribution in [-0.4, -0.2) is 25.4 Å². The predicted molar refractivity (Wildman–Crippen MR) is 46.2 cm³/mol. The average Bonchev–Trinajstić information content (AvgIpc) is 1.89. The molecule has 0 rings (SSSR count). The highest BCUT2D eigenvalue weighted by Crippen LogP contribution is 2.40. The van der Waals surface area contributed by atoms with E-state index < -0.39 is 10.3 Å². The van der Waals surface area contributed by atoms with Crippen molar-refractivity contribution in [1.82, 2.24) is 0 Å². The lowest BCUT2D eigenvalue weighted by molar-refractivity contribution is 0.470. The zero-order valence-corrected chi connectivity index (χ0v) is 7.70. The second-order valence-corrected chi connectivity index (χ2v) is 6.18. The van der Waals surface area contributed by atoms with Gasteiger partial charge >= 0.3 is 0 Å². The molecule has 2 nitrogen and oxygen atoms in total. The molecule has 0 N–H and O–H groups in total. The van der Waals surface area contributed by atoms with Gasteiger partial charge in [0, 0.05) is 13.5 Å². The van der Waals surface area contributed by atoms with Crippen molar-refractivity contribution in [2.24, 2.45) is 0 Å². The summed E-state index contributed by atoms with van der Waals surface area (Å²) in [7, 11) is 0.895. The Kier molecular flexibility index (Phi) is 4.50. The molecule has 0 aromatic carbocycles. The van der Waals surface area contributed by atoms with Gasteiger partial charge in [-0.1, -0.05) is 0 Å². The van der Waals surface area contributed by atoms with Crippen LogP contribution < -0.4 is 0 Å². The third kappa shape index (κ3) is 4.66. The third-order valence-electron chi connectivity index (χ3n) is 1.38. The van der Waals surface area contributed by atoms with Crippen molar-refractivity contribution in [2.45, 2.75) is 12.8 Å². The van der Waals surface area contributed by atoms with Crippen LogP contribution in [0, 0.1) is 11.3 Å². The zero-order chi connectivity index (χ0) is 8.04. The Morgan fingerprint density at radius 3 is 2.50 bits per heavy atom. The first-order chi connectivity index (χ1) is 4.62. The summed E-state index contributed by atoms with van der Waals surface area (Å²) in [5.41, 5.74) is 0. The van der Waals surface area contributed by atoms with Crippen LogP contribution in [-0.2, 0) is 4.18 Å². The molecule has 0 spiro atoms. The maximum Gasteiger partial charge on any atom is 0.0622 e. The van der Waals surface area contributed by atoms with Crippen molar-refractivity contribution in [1.29, 1.82) is 5.26 Å². The van der Waals surface area contributed by atoms with Gasteiger partial charge in [0.05, 0.1) is 6.07 Å². The van der Waals surface area contributed by atoms with Crippen LogP contribution >= 0.6 is 10.3 Å². The van der Waals surface area contributed by atoms with E-state index in [-0.39, 0.29) is 0 Å². The maximum atomic E-state index is 8.25. The topological polar surface area (TPSA) is 33.0 Å². The van der Waals surface area contributed by atoms with Gasteiger partial charge in [-0.2, -0.15) is 5.26 Å². The van der Waals surface area contributed by atoms with Crippen LogP contribution in [0.25, 0.3) is 0 Å². The fourth-order valence-electron chi connectivity index (χ4n) is 0.582. The molecular weight excluding hydrogens is 146 g/mol. The van der Waals surface area contributed by atoms with E-state index >= 15 is 0 Å². The van der Waals surface area contributed by atoms with Crippen LogP contribution in [0.3, 0.4) is 0 Å². The minimum Gasteiger partial charge on any atom is -0.340 e. The van der Waals surface area contributed by atoms with E-state index in [4.69, 9.17) is 9.44 Å². The Labute approximate surface area is 64.7 Å². The summed E-state index contributed by atoms with van der Waals surface area (Å²) in [6, 6.07) is 2.12. The molecule has 0 saturated carbocycles. The Morgan fingerprint density at radius 2 is 2.10 bits per heavy atom. The Balaban J connectivity index is 3.39. The Hall–Kier alpha value is -0.200. The second-order valence-electron chi connectivity index (χ2n) is 2.57. The zero-order valence-electron chi connectivity index (χ0n) is 6.89. The second kappa shape index (κ2) is 4.59. The van der Waals surface area contributed by atoms with Crippen molar-refractivity contribution in [3.05, 3.63) is 0 Å². The highest BCUT2D eigenvalue weighted by Gasteiger charge is 2.07. The smallest absolute Gasteiger partial charge is 0.0622 e. The number of hydrogen-bond donors (Lipinski definition) is 0. The molecule has 0 bridgehead atoms. The minimum absolute atomic E-state index is 0.653. The highest BCUT2D eigenvalue weighted by atomic mass is 32.3. The normalized spacial score (nSPS) is 12.6. The largest absolute Gasteiger partial charge is 0.340 e. The monoisotopic (exact) mass is 161 g/mol. The molecule has 0 aliphatic rings. The number of hydrogen-bond acceptors (Lipinski definition) is 2. The summed E-state index contributed by atoms with van der Waals surface area (Å²) in [5.74, 6) is 1.04. The summed E-state index contributed by atoms with van der Waals surface area (Å²) in [6.45, 7) is 0. The first-order valence-corrected chi connectivity index (χ1v) is 5.80. The molecule has 3 heteroatoms. The lowest BCUT2D eigenvalue weighted by atomic mass is 10.4. The van der Waals surface area contributed by atoms with E-state index in [0.29, 0.717) is 6.42 Å². The molecule has 0 fully saturated rings. The molecule has 0 saturated heterocycles. The molecule has 0 aromatic rings. The first-order valence-electron chi connectivity index (χ1n) is 3.26. The molecular formula is C7H15NOS. The Morgan fingerprint density at radius 1 is 1.50 bits per heavy atom. The number of nitriles is 1. The van der Waals surface area contributed by atoms with Gasteiger partial charge < -0.3 is 4.18 Å². The van der Waals surface area contributed by atoms with Crippen LogP contribution in [0.15, 0.2) is 0 Å². The summed E-state index contributed by atoms with van der Waals surface area (Å²) >= 11 is 0. The fourth-order valence-corrected chi connectivity index (χ4v) is 1.59. The molecule has 60 valence electrons. The molecule has 10 heavy (non-hydrogen) atoms. The maximum absolute atomic E-state index is 8.25. The van der Waals surface area contributed by atoms with Gasteiger partial charge in [-0.25, -0.2) is 0 Å². The van der Waals surface area contributed by atoms with Gasteiger partial charge in [0.2, 0.25) is 0 Å².